The number of nitrogens with two attached hydrogens (primary N) is 1. The van der Waals surface area contributed by atoms with Gasteiger partial charge in [-0.05, 0) is 52.7 Å². The zero-order chi connectivity index (χ0) is 14.7. The van der Waals surface area contributed by atoms with Crippen LogP contribution in [0.15, 0.2) is 46.9 Å². The number of halogens is 1. The van der Waals surface area contributed by atoms with Crippen molar-refractivity contribution in [3.63, 3.8) is 0 Å². The van der Waals surface area contributed by atoms with Crippen molar-refractivity contribution in [1.82, 2.24) is 0 Å². The van der Waals surface area contributed by atoms with Gasteiger partial charge < -0.3 is 15.4 Å². The molecule has 2 aromatic rings. The molecule has 3 nitrogen and oxygen atoms in total. The molecule has 0 heterocycles. The molecule has 1 atom stereocenters. The zero-order valence-corrected chi connectivity index (χ0v) is 13.5. The lowest BCUT2D eigenvalue weighted by Gasteiger charge is -2.22. The highest BCUT2D eigenvalue weighted by Crippen LogP contribution is 2.33. The Kier molecular flexibility index (Phi) is 4.68. The van der Waals surface area contributed by atoms with Crippen LogP contribution in [-0.2, 0) is 0 Å². The van der Waals surface area contributed by atoms with Crippen LogP contribution in [0.1, 0.15) is 18.5 Å². The predicted molar refractivity (Wildman–Crippen MR) is 87.8 cm³/mol. The van der Waals surface area contributed by atoms with Crippen molar-refractivity contribution < 1.29 is 4.74 Å². The molecule has 0 aliphatic rings. The van der Waals surface area contributed by atoms with E-state index in [1.165, 1.54) is 0 Å². The third kappa shape index (κ3) is 3.14. The fraction of sp³-hybridized carbons (Fsp3) is 0.250. The number of hydrogen-bond acceptors (Lipinski definition) is 3. The Bertz CT molecular complexity index is 599. The van der Waals surface area contributed by atoms with Gasteiger partial charge in [-0.15, -0.1) is 0 Å². The molecular weight excluding hydrogens is 316 g/mol. The Morgan fingerprint density at radius 2 is 1.95 bits per heavy atom. The third-order valence-corrected chi connectivity index (χ3v) is 3.93. The maximum Gasteiger partial charge on any atom is 0.120 e. The van der Waals surface area contributed by atoms with E-state index in [9.17, 15) is 0 Å². The summed E-state index contributed by atoms with van der Waals surface area (Å²) in [6.07, 6.45) is 0. The number of nitrogens with zero attached hydrogens (tertiary/aromatic N) is 1. The van der Waals surface area contributed by atoms with Crippen LogP contribution in [-0.4, -0.2) is 14.2 Å². The summed E-state index contributed by atoms with van der Waals surface area (Å²) in [5, 5.41) is 0. The van der Waals surface area contributed by atoms with Crippen molar-refractivity contribution in [3.8, 4) is 5.75 Å². The van der Waals surface area contributed by atoms with Crippen molar-refractivity contribution >= 4 is 27.3 Å². The van der Waals surface area contributed by atoms with E-state index in [2.05, 4.69) is 45.1 Å². The Morgan fingerprint density at radius 1 is 1.20 bits per heavy atom. The van der Waals surface area contributed by atoms with Crippen LogP contribution in [0, 0.1) is 0 Å². The molecule has 0 amide bonds. The topological polar surface area (TPSA) is 38.5 Å². The summed E-state index contributed by atoms with van der Waals surface area (Å²) in [5.41, 5.74) is 9.17. The van der Waals surface area contributed by atoms with Crippen molar-refractivity contribution in [1.29, 1.82) is 0 Å². The van der Waals surface area contributed by atoms with Gasteiger partial charge in [-0.2, -0.15) is 0 Å². The lowest BCUT2D eigenvalue weighted by molar-refractivity contribution is 0.415. The van der Waals surface area contributed by atoms with Crippen LogP contribution in [0.3, 0.4) is 0 Å². The normalized spacial score (nSPS) is 12.1. The quantitative estimate of drug-likeness (QED) is 0.908. The molecule has 0 fully saturated rings. The van der Waals surface area contributed by atoms with Crippen molar-refractivity contribution in [2.75, 3.05) is 19.1 Å². The SMILES string of the molecule is COc1cccc(N(C)c2ccc(C(C)N)cc2Br)c1. The van der Waals surface area contributed by atoms with E-state index in [-0.39, 0.29) is 6.04 Å². The summed E-state index contributed by atoms with van der Waals surface area (Å²) >= 11 is 3.62. The van der Waals surface area contributed by atoms with E-state index in [0.29, 0.717) is 0 Å². The lowest BCUT2D eigenvalue weighted by Crippen LogP contribution is -2.11. The highest BCUT2D eigenvalue weighted by Gasteiger charge is 2.10. The van der Waals surface area contributed by atoms with Gasteiger partial charge in [0.05, 0.1) is 12.8 Å². The standard InChI is InChI=1S/C16H19BrN2O/c1-11(18)12-7-8-16(15(17)9-12)19(2)13-5-4-6-14(10-13)20-3/h4-11H,18H2,1-3H3. The van der Waals surface area contributed by atoms with Gasteiger partial charge in [0.15, 0.2) is 0 Å². The van der Waals surface area contributed by atoms with Crippen molar-refractivity contribution in [2.45, 2.75) is 13.0 Å². The molecular formula is C16H19BrN2O. The highest BCUT2D eigenvalue weighted by atomic mass is 79.9. The molecule has 0 spiro atoms. The van der Waals surface area contributed by atoms with E-state index >= 15 is 0 Å². The first kappa shape index (κ1) is 14.9. The summed E-state index contributed by atoms with van der Waals surface area (Å²) in [6.45, 7) is 1.98. The zero-order valence-electron chi connectivity index (χ0n) is 11.9. The van der Waals surface area contributed by atoms with Gasteiger partial charge in [0.1, 0.15) is 5.75 Å². The second kappa shape index (κ2) is 6.29. The van der Waals surface area contributed by atoms with Crippen molar-refractivity contribution in [3.05, 3.63) is 52.5 Å². The minimum atomic E-state index is 0.0301. The van der Waals surface area contributed by atoms with Gasteiger partial charge in [0.2, 0.25) is 0 Å². The molecule has 0 aliphatic heterocycles. The molecule has 0 saturated carbocycles. The molecule has 4 heteroatoms. The number of benzene rings is 2. The van der Waals surface area contributed by atoms with Crippen LogP contribution in [0.4, 0.5) is 11.4 Å². The molecule has 0 aliphatic carbocycles. The summed E-state index contributed by atoms with van der Waals surface area (Å²) in [4.78, 5) is 2.11. The monoisotopic (exact) mass is 334 g/mol. The third-order valence-electron chi connectivity index (χ3n) is 3.30. The van der Waals surface area contributed by atoms with Gasteiger partial charge in [-0.1, -0.05) is 12.1 Å². The van der Waals surface area contributed by atoms with Gasteiger partial charge in [0, 0.05) is 29.3 Å². The Hall–Kier alpha value is -1.52. The molecule has 2 rings (SSSR count). The highest BCUT2D eigenvalue weighted by molar-refractivity contribution is 9.10. The molecule has 0 radical (unpaired) electrons. The number of rotatable bonds is 4. The van der Waals surface area contributed by atoms with Crippen LogP contribution in [0.2, 0.25) is 0 Å². The average Bonchev–Trinajstić information content (AvgIpc) is 2.46. The first-order valence-corrected chi connectivity index (χ1v) is 7.25. The molecule has 106 valence electrons. The second-order valence-electron chi connectivity index (χ2n) is 4.76. The first-order valence-electron chi connectivity index (χ1n) is 6.45. The Morgan fingerprint density at radius 3 is 2.55 bits per heavy atom. The maximum absolute atomic E-state index is 5.91. The maximum atomic E-state index is 5.91. The van der Waals surface area contributed by atoms with Gasteiger partial charge in [-0.3, -0.25) is 0 Å². The molecule has 2 aromatic carbocycles. The number of methoxy groups -OCH3 is 1. The van der Waals surface area contributed by atoms with Crippen molar-refractivity contribution in [2.24, 2.45) is 5.73 Å². The van der Waals surface area contributed by atoms with Gasteiger partial charge >= 0.3 is 0 Å². The van der Waals surface area contributed by atoms with E-state index in [1.54, 1.807) is 7.11 Å². The van der Waals surface area contributed by atoms with E-state index in [0.717, 1.165) is 27.2 Å². The van der Waals surface area contributed by atoms with E-state index in [1.807, 2.05) is 32.2 Å². The largest absolute Gasteiger partial charge is 0.497 e. The minimum absolute atomic E-state index is 0.0301. The fourth-order valence-electron chi connectivity index (χ4n) is 2.04. The summed E-state index contributed by atoms with van der Waals surface area (Å²) in [5.74, 6) is 0.845. The molecule has 0 saturated heterocycles. The van der Waals surface area contributed by atoms with Gasteiger partial charge in [0.25, 0.3) is 0 Å². The molecule has 0 bridgehead atoms. The first-order chi connectivity index (χ1) is 9.52. The Balaban J connectivity index is 2.35. The Labute approximate surface area is 128 Å². The molecule has 1 unspecified atom stereocenters. The minimum Gasteiger partial charge on any atom is -0.497 e. The predicted octanol–water partition coefficient (Wildman–Crippen LogP) is 4.25. The number of anilines is 2. The molecule has 0 aromatic heterocycles. The fourth-order valence-corrected chi connectivity index (χ4v) is 2.70. The lowest BCUT2D eigenvalue weighted by atomic mass is 10.1. The summed E-state index contributed by atoms with van der Waals surface area (Å²) in [6, 6.07) is 14.2. The van der Waals surface area contributed by atoms with Crippen LogP contribution in [0.25, 0.3) is 0 Å². The van der Waals surface area contributed by atoms with Gasteiger partial charge in [-0.25, -0.2) is 0 Å². The second-order valence-corrected chi connectivity index (χ2v) is 5.61. The summed E-state index contributed by atoms with van der Waals surface area (Å²) < 4.78 is 6.29. The van der Waals surface area contributed by atoms with Crippen LogP contribution in [0.5, 0.6) is 5.75 Å². The number of ether oxygens (including phenoxy) is 1. The number of hydrogen-bond donors (Lipinski definition) is 1. The van der Waals surface area contributed by atoms with Crippen LogP contribution < -0.4 is 15.4 Å². The van der Waals surface area contributed by atoms with E-state index in [4.69, 9.17) is 10.5 Å². The summed E-state index contributed by atoms with van der Waals surface area (Å²) in [7, 11) is 3.70. The smallest absolute Gasteiger partial charge is 0.120 e. The molecule has 20 heavy (non-hydrogen) atoms. The van der Waals surface area contributed by atoms with Crippen LogP contribution >= 0.6 is 15.9 Å². The van der Waals surface area contributed by atoms with E-state index < -0.39 is 0 Å². The molecule has 2 N–H and O–H groups in total. The average molecular weight is 335 g/mol.